The molecule has 24 heavy (non-hydrogen) atoms. The molecule has 2 aromatic heterocycles. The molecule has 120 valence electrons. The van der Waals surface area contributed by atoms with E-state index in [1.807, 2.05) is 0 Å². The average molecular weight is 359 g/mol. The molecule has 0 saturated heterocycles. The van der Waals surface area contributed by atoms with Crippen LogP contribution in [0.2, 0.25) is 10.2 Å². The van der Waals surface area contributed by atoms with Crippen molar-refractivity contribution in [3.05, 3.63) is 87.4 Å². The second-order valence-electron chi connectivity index (χ2n) is 5.26. The topological polar surface area (TPSA) is 52.0 Å². The first-order valence-corrected chi connectivity index (χ1v) is 7.84. The minimum absolute atomic E-state index is 0.171. The van der Waals surface area contributed by atoms with E-state index in [-0.39, 0.29) is 11.6 Å². The molecule has 0 fully saturated rings. The van der Waals surface area contributed by atoms with E-state index in [2.05, 4.69) is 4.98 Å². The van der Waals surface area contributed by atoms with E-state index in [1.54, 1.807) is 60.3 Å². The summed E-state index contributed by atoms with van der Waals surface area (Å²) >= 11 is 11.6. The number of nitrogens with zero attached hydrogens (tertiary/aromatic N) is 2. The van der Waals surface area contributed by atoms with E-state index in [0.29, 0.717) is 32.6 Å². The summed E-state index contributed by atoms with van der Waals surface area (Å²) in [6, 6.07) is 11.4. The van der Waals surface area contributed by atoms with Gasteiger partial charge in [-0.25, -0.2) is 4.98 Å². The zero-order valence-corrected chi connectivity index (χ0v) is 14.2. The van der Waals surface area contributed by atoms with Crippen LogP contribution < -0.4 is 0 Å². The molecule has 0 aliphatic heterocycles. The molecule has 0 bridgehead atoms. The van der Waals surface area contributed by atoms with E-state index < -0.39 is 0 Å². The maximum atomic E-state index is 12.6. The number of hydrogen-bond acceptors (Lipinski definition) is 3. The SMILES string of the molecule is Cn1cc(C(=O)c2ccc(Cl)cc2)cc1C(=O)c1ccc(Cl)nc1. The predicted octanol–water partition coefficient (Wildman–Crippen LogP) is 4.19. The third-order valence-corrected chi connectivity index (χ3v) is 4.07. The average Bonchev–Trinajstić information content (AvgIpc) is 2.97. The quantitative estimate of drug-likeness (QED) is 0.519. The monoisotopic (exact) mass is 358 g/mol. The first-order chi connectivity index (χ1) is 11.5. The second kappa shape index (κ2) is 6.59. The molecule has 3 rings (SSSR count). The van der Waals surface area contributed by atoms with Gasteiger partial charge in [0.2, 0.25) is 5.78 Å². The van der Waals surface area contributed by atoms with Crippen LogP contribution in [0.3, 0.4) is 0 Å². The van der Waals surface area contributed by atoms with Gasteiger partial charge in [-0.1, -0.05) is 23.2 Å². The van der Waals surface area contributed by atoms with Crippen molar-refractivity contribution in [3.8, 4) is 0 Å². The number of aromatic nitrogens is 2. The Balaban J connectivity index is 1.92. The minimum Gasteiger partial charge on any atom is -0.347 e. The molecular formula is C18H12Cl2N2O2. The molecule has 2 heterocycles. The highest BCUT2D eigenvalue weighted by atomic mass is 35.5. The first-order valence-electron chi connectivity index (χ1n) is 7.08. The van der Waals surface area contributed by atoms with Gasteiger partial charge in [0.25, 0.3) is 0 Å². The number of aryl methyl sites for hydroxylation is 1. The fraction of sp³-hybridized carbons (Fsp3) is 0.0556. The highest BCUT2D eigenvalue weighted by molar-refractivity contribution is 6.30. The second-order valence-corrected chi connectivity index (χ2v) is 6.08. The number of rotatable bonds is 4. The highest BCUT2D eigenvalue weighted by Gasteiger charge is 2.18. The van der Waals surface area contributed by atoms with Crippen molar-refractivity contribution < 1.29 is 9.59 Å². The molecule has 3 aromatic rings. The van der Waals surface area contributed by atoms with E-state index >= 15 is 0 Å². The third-order valence-electron chi connectivity index (χ3n) is 3.60. The standard InChI is InChI=1S/C18H12Cl2N2O2/c1-22-10-13(17(23)11-2-5-14(19)6-3-11)8-15(22)18(24)12-4-7-16(20)21-9-12/h2-10H,1H3. The number of benzene rings is 1. The van der Waals surface area contributed by atoms with Gasteiger partial charge in [-0.3, -0.25) is 9.59 Å². The molecule has 6 heteroatoms. The lowest BCUT2D eigenvalue weighted by atomic mass is 10.0. The molecule has 0 spiro atoms. The number of carbonyl (C=O) groups is 2. The van der Waals surface area contributed by atoms with Gasteiger partial charge in [0.1, 0.15) is 5.15 Å². The summed E-state index contributed by atoms with van der Waals surface area (Å²) in [5, 5.41) is 0.878. The number of halogens is 2. The Kier molecular flexibility index (Phi) is 4.51. The molecule has 1 aromatic carbocycles. The molecule has 0 atom stereocenters. The summed E-state index contributed by atoms with van der Waals surface area (Å²) < 4.78 is 1.63. The van der Waals surface area contributed by atoms with Crippen LogP contribution >= 0.6 is 23.2 Å². The van der Waals surface area contributed by atoms with Gasteiger partial charge in [-0.15, -0.1) is 0 Å². The zero-order valence-electron chi connectivity index (χ0n) is 12.7. The molecule has 4 nitrogen and oxygen atoms in total. The number of carbonyl (C=O) groups excluding carboxylic acids is 2. The summed E-state index contributed by atoms with van der Waals surface area (Å²) in [6.07, 6.45) is 3.05. The van der Waals surface area contributed by atoms with E-state index in [9.17, 15) is 9.59 Å². The van der Waals surface area contributed by atoms with Crippen molar-refractivity contribution in [2.75, 3.05) is 0 Å². The van der Waals surface area contributed by atoms with Crippen LogP contribution in [0, 0.1) is 0 Å². The van der Waals surface area contributed by atoms with Crippen molar-refractivity contribution in [3.63, 3.8) is 0 Å². The number of pyridine rings is 1. The summed E-state index contributed by atoms with van der Waals surface area (Å²) in [6.45, 7) is 0. The summed E-state index contributed by atoms with van der Waals surface area (Å²) in [4.78, 5) is 29.0. The lowest BCUT2D eigenvalue weighted by Gasteiger charge is -2.01. The van der Waals surface area contributed by atoms with Gasteiger partial charge >= 0.3 is 0 Å². The van der Waals surface area contributed by atoms with Gasteiger partial charge in [-0.05, 0) is 42.5 Å². The van der Waals surface area contributed by atoms with Crippen LogP contribution in [0.1, 0.15) is 32.0 Å². The van der Waals surface area contributed by atoms with Crippen molar-refractivity contribution in [1.82, 2.24) is 9.55 Å². The number of ketones is 2. The highest BCUT2D eigenvalue weighted by Crippen LogP contribution is 2.18. The van der Waals surface area contributed by atoms with Gasteiger partial charge in [0.15, 0.2) is 5.78 Å². The van der Waals surface area contributed by atoms with Crippen LogP contribution in [0.5, 0.6) is 0 Å². The molecule has 0 N–H and O–H groups in total. The molecular weight excluding hydrogens is 347 g/mol. The first kappa shape index (κ1) is 16.4. The summed E-state index contributed by atoms with van der Waals surface area (Å²) in [5.41, 5.74) is 1.75. The van der Waals surface area contributed by atoms with Crippen LogP contribution in [-0.4, -0.2) is 21.1 Å². The Hall–Kier alpha value is -2.43. The molecule has 0 aliphatic rings. The molecule has 0 amide bonds. The molecule has 0 saturated carbocycles. The van der Waals surface area contributed by atoms with Gasteiger partial charge in [0, 0.05) is 41.2 Å². The molecule has 0 radical (unpaired) electrons. The Morgan fingerprint density at radius 1 is 0.917 bits per heavy atom. The van der Waals surface area contributed by atoms with E-state index in [1.165, 1.54) is 6.20 Å². The predicted molar refractivity (Wildman–Crippen MR) is 93.0 cm³/mol. The van der Waals surface area contributed by atoms with Crippen molar-refractivity contribution in [2.24, 2.45) is 7.05 Å². The Morgan fingerprint density at radius 2 is 1.58 bits per heavy atom. The molecule has 0 aliphatic carbocycles. The lowest BCUT2D eigenvalue weighted by Crippen LogP contribution is -2.06. The third kappa shape index (κ3) is 3.25. The summed E-state index contributed by atoms with van der Waals surface area (Å²) in [5.74, 6) is -0.396. The minimum atomic E-state index is -0.225. The maximum absolute atomic E-state index is 12.6. The summed E-state index contributed by atoms with van der Waals surface area (Å²) in [7, 11) is 1.72. The van der Waals surface area contributed by atoms with Crippen LogP contribution in [0.15, 0.2) is 54.9 Å². The van der Waals surface area contributed by atoms with Gasteiger partial charge in [0.05, 0.1) is 5.69 Å². The van der Waals surface area contributed by atoms with Gasteiger partial charge < -0.3 is 4.57 Å². The Labute approximate surface area is 148 Å². The normalized spacial score (nSPS) is 10.6. The van der Waals surface area contributed by atoms with Crippen LogP contribution in [0.25, 0.3) is 0 Å². The fourth-order valence-electron chi connectivity index (χ4n) is 2.34. The van der Waals surface area contributed by atoms with E-state index in [0.717, 1.165) is 0 Å². The van der Waals surface area contributed by atoms with Crippen LogP contribution in [0.4, 0.5) is 0 Å². The zero-order chi connectivity index (χ0) is 17.3. The van der Waals surface area contributed by atoms with Crippen molar-refractivity contribution in [1.29, 1.82) is 0 Å². The fourth-order valence-corrected chi connectivity index (χ4v) is 2.58. The van der Waals surface area contributed by atoms with Gasteiger partial charge in [-0.2, -0.15) is 0 Å². The largest absolute Gasteiger partial charge is 0.347 e. The molecule has 0 unspecified atom stereocenters. The maximum Gasteiger partial charge on any atom is 0.210 e. The van der Waals surface area contributed by atoms with Crippen molar-refractivity contribution >= 4 is 34.8 Å². The Morgan fingerprint density at radius 3 is 2.21 bits per heavy atom. The number of hydrogen-bond donors (Lipinski definition) is 0. The lowest BCUT2D eigenvalue weighted by molar-refractivity contribution is 0.102. The smallest absolute Gasteiger partial charge is 0.210 e. The van der Waals surface area contributed by atoms with Crippen molar-refractivity contribution in [2.45, 2.75) is 0 Å². The Bertz CT molecular complexity index is 913. The van der Waals surface area contributed by atoms with Crippen LogP contribution in [-0.2, 0) is 7.05 Å². The van der Waals surface area contributed by atoms with E-state index in [4.69, 9.17) is 23.2 Å².